The van der Waals surface area contributed by atoms with Gasteiger partial charge in [-0.15, -0.1) is 0 Å². The molecule has 10 saturated carbocycles. The van der Waals surface area contributed by atoms with Gasteiger partial charge in [0.1, 0.15) is 5.75 Å². The molecule has 3 aromatic rings. The first-order valence-corrected chi connectivity index (χ1v) is 15.0. The molecule has 0 amide bonds. The van der Waals surface area contributed by atoms with Gasteiger partial charge in [-0.05, 0) is 122 Å². The standard InChI is InChI=1S/C35H23F3O2/c36-19-9-16(10-20(37)24(19)38)40-31(39)15-7-3-13(4-8-15)12-1-5-14(6-2-12)21-22-23(21)33(22)27-28(33)35(27)29-30(35)34(29)25-26(34)32(25)17-11-18(17)32/h1-10,17-18,21-23,25-30H,11H2. The maximum atomic E-state index is 13.4. The molecule has 0 N–H and O–H groups in total. The van der Waals surface area contributed by atoms with Gasteiger partial charge >= 0.3 is 5.97 Å². The van der Waals surface area contributed by atoms with Crippen LogP contribution >= 0.6 is 0 Å². The molecule has 40 heavy (non-hydrogen) atoms. The quantitative estimate of drug-likeness (QED) is 0.212. The normalized spacial score (nSPS) is 56.0. The topological polar surface area (TPSA) is 26.3 Å². The van der Waals surface area contributed by atoms with E-state index in [1.807, 2.05) is 12.1 Å². The molecule has 5 heteroatoms. The van der Waals surface area contributed by atoms with E-state index in [4.69, 9.17) is 4.74 Å². The highest BCUT2D eigenvalue weighted by Crippen LogP contribution is 3.30. The first-order chi connectivity index (χ1) is 19.5. The Labute approximate surface area is 227 Å². The van der Waals surface area contributed by atoms with Crippen LogP contribution < -0.4 is 4.74 Å². The lowest BCUT2D eigenvalue weighted by Crippen LogP contribution is -2.28. The van der Waals surface area contributed by atoms with Gasteiger partial charge in [-0.3, -0.25) is 0 Å². The zero-order valence-corrected chi connectivity index (χ0v) is 21.3. The van der Waals surface area contributed by atoms with Crippen molar-refractivity contribution in [3.8, 4) is 16.9 Å². The Hall–Kier alpha value is -3.08. The minimum atomic E-state index is -1.59. The van der Waals surface area contributed by atoms with Crippen LogP contribution in [0.15, 0.2) is 60.7 Å². The van der Waals surface area contributed by atoms with Gasteiger partial charge in [0.25, 0.3) is 0 Å². The SMILES string of the molecule is O=C(Oc1cc(F)c(F)c(F)c1)c1ccc(-c2ccc(C3C4C3C43C4C3C43C4C3C43C4C3C43C4CC43)cc2)cc1. The monoisotopic (exact) mass is 532 g/mol. The second-order valence-electron chi connectivity index (χ2n) is 15.2. The van der Waals surface area contributed by atoms with Gasteiger partial charge < -0.3 is 4.74 Å². The molecule has 0 aliphatic heterocycles. The molecule has 3 aromatic carbocycles. The minimum Gasteiger partial charge on any atom is -0.423 e. The van der Waals surface area contributed by atoms with Crippen LogP contribution in [0.5, 0.6) is 5.75 Å². The van der Waals surface area contributed by atoms with E-state index in [1.54, 1.807) is 18.6 Å². The first-order valence-electron chi connectivity index (χ1n) is 15.0. The third-order valence-electron chi connectivity index (χ3n) is 14.8. The van der Waals surface area contributed by atoms with E-state index in [0.29, 0.717) is 12.1 Å². The number of ether oxygens (including phenoxy) is 1. The number of carbonyl (C=O) groups excluding carboxylic acids is 1. The van der Waals surface area contributed by atoms with Gasteiger partial charge in [0.15, 0.2) is 17.5 Å². The third kappa shape index (κ3) is 1.63. The largest absolute Gasteiger partial charge is 0.423 e. The average molecular weight is 533 g/mol. The highest BCUT2D eigenvalue weighted by atomic mass is 19.2. The molecule has 2 nitrogen and oxygen atoms in total. The van der Waals surface area contributed by atoms with Gasteiger partial charge in [-0.25, -0.2) is 18.0 Å². The van der Waals surface area contributed by atoms with Crippen LogP contribution in [-0.2, 0) is 0 Å². The molecule has 0 radical (unpaired) electrons. The molecular formula is C35H23F3O2. The van der Waals surface area contributed by atoms with Crippen LogP contribution in [0.2, 0.25) is 0 Å². The van der Waals surface area contributed by atoms with Gasteiger partial charge in [0.05, 0.1) is 5.56 Å². The average Bonchev–Trinajstić information content (AvgIpc) is 3.73. The second-order valence-corrected chi connectivity index (χ2v) is 15.2. The van der Waals surface area contributed by atoms with Crippen molar-refractivity contribution >= 4 is 5.97 Å². The third-order valence-corrected chi connectivity index (χ3v) is 14.8. The zero-order chi connectivity index (χ0) is 26.0. The molecule has 0 bridgehead atoms. The summed E-state index contributed by atoms with van der Waals surface area (Å²) < 4.78 is 45.0. The Bertz CT molecular complexity index is 1780. The van der Waals surface area contributed by atoms with Crippen LogP contribution in [0.1, 0.15) is 28.3 Å². The van der Waals surface area contributed by atoms with Crippen molar-refractivity contribution in [2.75, 3.05) is 0 Å². The second kappa shape index (κ2) is 5.07. The van der Waals surface area contributed by atoms with E-state index in [0.717, 1.165) is 62.4 Å². The number of benzene rings is 3. The molecule has 10 fully saturated rings. The molecule has 4 spiro atoms. The Morgan fingerprint density at radius 2 is 1.18 bits per heavy atom. The first kappa shape index (κ1) is 19.9. The molecule has 10 aliphatic rings. The highest BCUT2D eigenvalue weighted by Gasteiger charge is 3.27. The van der Waals surface area contributed by atoms with Gasteiger partial charge in [-0.1, -0.05) is 36.4 Å². The Kier molecular flexibility index (Phi) is 2.52. The fraction of sp³-hybridized carbons (Fsp3) is 0.457. The summed E-state index contributed by atoms with van der Waals surface area (Å²) in [5.74, 6) is 6.95. The van der Waals surface area contributed by atoms with Gasteiger partial charge in [0.2, 0.25) is 0 Å². The molecular weight excluding hydrogens is 509 g/mol. The fourth-order valence-corrected chi connectivity index (χ4v) is 13.4. The van der Waals surface area contributed by atoms with Crippen molar-refractivity contribution in [2.24, 2.45) is 80.8 Å². The summed E-state index contributed by atoms with van der Waals surface area (Å²) in [5.41, 5.74) is 7.54. The van der Waals surface area contributed by atoms with E-state index < -0.39 is 23.4 Å². The summed E-state index contributed by atoms with van der Waals surface area (Å²) in [7, 11) is 0. The summed E-state index contributed by atoms with van der Waals surface area (Å²) >= 11 is 0. The van der Waals surface area contributed by atoms with E-state index in [2.05, 4.69) is 24.3 Å². The Balaban J connectivity index is 0.661. The van der Waals surface area contributed by atoms with Gasteiger partial charge in [-0.2, -0.15) is 0 Å². The van der Waals surface area contributed by atoms with Crippen LogP contribution in [0, 0.1) is 98.3 Å². The molecule has 10 atom stereocenters. The van der Waals surface area contributed by atoms with E-state index in [9.17, 15) is 18.0 Å². The lowest BCUT2D eigenvalue weighted by atomic mass is 9.72. The fourth-order valence-electron chi connectivity index (χ4n) is 13.4. The van der Waals surface area contributed by atoms with Crippen molar-refractivity contribution in [3.05, 3.63) is 89.2 Å². The maximum Gasteiger partial charge on any atom is 0.343 e. The highest BCUT2D eigenvalue weighted by molar-refractivity contribution is 5.91. The lowest BCUT2D eigenvalue weighted by Gasteiger charge is -2.31. The predicted octanol–water partition coefficient (Wildman–Crippen LogP) is 6.71. The number of hydrogen-bond acceptors (Lipinski definition) is 2. The van der Waals surface area contributed by atoms with E-state index in [-0.39, 0.29) is 11.3 Å². The summed E-state index contributed by atoms with van der Waals surface area (Å²) in [5, 5.41) is 0. The van der Waals surface area contributed by atoms with E-state index in [1.165, 1.54) is 41.1 Å². The molecule has 0 heterocycles. The zero-order valence-electron chi connectivity index (χ0n) is 21.3. The smallest absolute Gasteiger partial charge is 0.343 e. The number of fused-ring (bicyclic) bond motifs is 21. The van der Waals surface area contributed by atoms with Crippen LogP contribution in [0.3, 0.4) is 0 Å². The Morgan fingerprint density at radius 1 is 0.675 bits per heavy atom. The van der Waals surface area contributed by atoms with Crippen molar-refractivity contribution in [1.82, 2.24) is 0 Å². The van der Waals surface area contributed by atoms with E-state index >= 15 is 0 Å². The molecule has 0 saturated heterocycles. The number of carbonyl (C=O) groups is 1. The molecule has 196 valence electrons. The Morgan fingerprint density at radius 3 is 1.70 bits per heavy atom. The van der Waals surface area contributed by atoms with Crippen LogP contribution in [0.25, 0.3) is 11.1 Å². The number of hydrogen-bond donors (Lipinski definition) is 0. The number of rotatable bonds is 4. The van der Waals surface area contributed by atoms with Crippen molar-refractivity contribution in [3.63, 3.8) is 0 Å². The van der Waals surface area contributed by atoms with Crippen LogP contribution in [0.4, 0.5) is 13.2 Å². The number of esters is 1. The summed E-state index contributed by atoms with van der Waals surface area (Å²) in [6, 6.07) is 17.2. The molecule has 13 rings (SSSR count). The molecule has 10 aliphatic carbocycles. The minimum absolute atomic E-state index is 0.247. The molecule has 10 unspecified atom stereocenters. The summed E-state index contributed by atoms with van der Waals surface area (Å²) in [6.07, 6.45) is 1.60. The van der Waals surface area contributed by atoms with Crippen molar-refractivity contribution in [1.29, 1.82) is 0 Å². The number of halogens is 3. The lowest BCUT2D eigenvalue weighted by molar-refractivity contribution is 0.0733. The van der Waals surface area contributed by atoms with Crippen LogP contribution in [-0.4, -0.2) is 5.97 Å². The predicted molar refractivity (Wildman–Crippen MR) is 135 cm³/mol. The van der Waals surface area contributed by atoms with Crippen molar-refractivity contribution < 1.29 is 22.7 Å². The van der Waals surface area contributed by atoms with Crippen molar-refractivity contribution in [2.45, 2.75) is 12.3 Å². The summed E-state index contributed by atoms with van der Waals surface area (Å²) in [4.78, 5) is 12.4. The maximum absolute atomic E-state index is 13.4. The molecule has 0 aromatic heterocycles. The summed E-state index contributed by atoms with van der Waals surface area (Å²) in [6.45, 7) is 0. The van der Waals surface area contributed by atoms with Gasteiger partial charge in [0, 0.05) is 12.1 Å².